The molecule has 0 aliphatic heterocycles. The van der Waals surface area contributed by atoms with Crippen molar-refractivity contribution in [3.05, 3.63) is 158 Å². The lowest BCUT2D eigenvalue weighted by Crippen LogP contribution is -2.10. The number of hydrogen-bond acceptors (Lipinski definition) is 2. The predicted octanol–water partition coefficient (Wildman–Crippen LogP) is 11.3. The number of para-hydroxylation sites is 3. The minimum Gasteiger partial charge on any atom is -0.456 e. The van der Waals surface area contributed by atoms with Gasteiger partial charge in [0, 0.05) is 44.0 Å². The summed E-state index contributed by atoms with van der Waals surface area (Å²) < 4.78 is 8.56. The Kier molecular flexibility index (Phi) is 5.20. The number of rotatable bonds is 4. The Bertz CT molecular complexity index is 2460. The maximum atomic E-state index is 6.17. The summed E-state index contributed by atoms with van der Waals surface area (Å²) >= 11 is 0. The van der Waals surface area contributed by atoms with Crippen molar-refractivity contribution >= 4 is 71.6 Å². The molecule has 0 amide bonds. The summed E-state index contributed by atoms with van der Waals surface area (Å²) in [6.45, 7) is 0. The van der Waals surface area contributed by atoms with Crippen LogP contribution in [-0.4, -0.2) is 4.57 Å². The molecule has 7 aromatic carbocycles. The molecule has 0 aliphatic rings. The molecule has 202 valence electrons. The smallest absolute Gasteiger partial charge is 0.135 e. The largest absolute Gasteiger partial charge is 0.456 e. The topological polar surface area (TPSA) is 21.3 Å². The molecule has 3 heteroatoms. The molecule has 2 aromatic heterocycles. The van der Waals surface area contributed by atoms with Crippen LogP contribution in [0.2, 0.25) is 0 Å². The Labute approximate surface area is 248 Å². The highest BCUT2D eigenvalue weighted by Crippen LogP contribution is 2.42. The van der Waals surface area contributed by atoms with E-state index in [0.29, 0.717) is 0 Å². The summed E-state index contributed by atoms with van der Waals surface area (Å²) in [5, 5.41) is 7.15. The van der Waals surface area contributed by atoms with Gasteiger partial charge in [-0.15, -0.1) is 0 Å². The van der Waals surface area contributed by atoms with Crippen LogP contribution < -0.4 is 4.90 Å². The van der Waals surface area contributed by atoms with E-state index >= 15 is 0 Å². The molecule has 0 saturated carbocycles. The third-order valence-electron chi connectivity index (χ3n) is 8.56. The standard InChI is InChI=1S/C40H26N2O/c1-2-13-28(14-3-1)41(36-19-10-12-27-11-4-5-15-31(27)36)30-21-23-33-32-16-6-8-18-37(32)42(38(33)26-30)29-22-24-40-35(25-29)34-17-7-9-20-39(34)43-40/h1-26H. The van der Waals surface area contributed by atoms with Gasteiger partial charge in [-0.3, -0.25) is 0 Å². The van der Waals surface area contributed by atoms with Gasteiger partial charge in [-0.2, -0.15) is 0 Å². The molecule has 9 aromatic rings. The Balaban J connectivity index is 1.33. The Hall–Kier alpha value is -5.80. The summed E-state index contributed by atoms with van der Waals surface area (Å²) in [7, 11) is 0. The van der Waals surface area contributed by atoms with Crippen LogP contribution in [0.3, 0.4) is 0 Å². The van der Waals surface area contributed by atoms with Crippen LogP contribution in [0.15, 0.2) is 162 Å². The van der Waals surface area contributed by atoms with Crippen molar-refractivity contribution in [2.24, 2.45) is 0 Å². The highest BCUT2D eigenvalue weighted by atomic mass is 16.3. The molecule has 3 nitrogen and oxygen atoms in total. The Morgan fingerprint density at radius 3 is 2.02 bits per heavy atom. The average molecular weight is 551 g/mol. The van der Waals surface area contributed by atoms with E-state index in [4.69, 9.17) is 4.42 Å². The fourth-order valence-electron chi connectivity index (χ4n) is 6.64. The fraction of sp³-hybridized carbons (Fsp3) is 0. The lowest BCUT2D eigenvalue weighted by Gasteiger charge is -2.27. The SMILES string of the molecule is c1ccc(N(c2ccc3c4ccccc4n(-c4ccc5oc6ccccc6c5c4)c3c2)c2cccc3ccccc23)cc1. The highest BCUT2D eigenvalue weighted by molar-refractivity contribution is 6.12. The van der Waals surface area contributed by atoms with Crippen LogP contribution in [0.4, 0.5) is 17.1 Å². The normalized spacial score (nSPS) is 11.7. The summed E-state index contributed by atoms with van der Waals surface area (Å²) in [6, 6.07) is 56.1. The van der Waals surface area contributed by atoms with Gasteiger partial charge >= 0.3 is 0 Å². The maximum absolute atomic E-state index is 6.17. The van der Waals surface area contributed by atoms with Crippen molar-refractivity contribution < 1.29 is 4.42 Å². The van der Waals surface area contributed by atoms with E-state index in [-0.39, 0.29) is 0 Å². The zero-order chi connectivity index (χ0) is 28.3. The van der Waals surface area contributed by atoms with Crippen LogP contribution in [0.5, 0.6) is 0 Å². The number of fused-ring (bicyclic) bond motifs is 7. The molecule has 43 heavy (non-hydrogen) atoms. The minimum atomic E-state index is 0.901. The van der Waals surface area contributed by atoms with Crippen LogP contribution in [-0.2, 0) is 0 Å². The zero-order valence-electron chi connectivity index (χ0n) is 23.3. The van der Waals surface area contributed by atoms with Crippen LogP contribution in [0, 0.1) is 0 Å². The second-order valence-corrected chi connectivity index (χ2v) is 11.0. The van der Waals surface area contributed by atoms with Crippen LogP contribution >= 0.6 is 0 Å². The van der Waals surface area contributed by atoms with Gasteiger partial charge in [0.15, 0.2) is 0 Å². The molecule has 0 bridgehead atoms. The Morgan fingerprint density at radius 1 is 0.419 bits per heavy atom. The molecule has 2 heterocycles. The van der Waals surface area contributed by atoms with Crippen LogP contribution in [0.1, 0.15) is 0 Å². The molecule has 0 saturated heterocycles. The maximum Gasteiger partial charge on any atom is 0.135 e. The summed E-state index contributed by atoms with van der Waals surface area (Å²) in [5.41, 5.74) is 8.63. The third kappa shape index (κ3) is 3.68. The zero-order valence-corrected chi connectivity index (χ0v) is 23.3. The van der Waals surface area contributed by atoms with E-state index < -0.39 is 0 Å². The molecule has 0 fully saturated rings. The number of hydrogen-bond donors (Lipinski definition) is 0. The molecule has 0 atom stereocenters. The first-order chi connectivity index (χ1) is 21.3. The second kappa shape index (κ2) is 9.37. The lowest BCUT2D eigenvalue weighted by atomic mass is 10.1. The first-order valence-electron chi connectivity index (χ1n) is 14.6. The average Bonchev–Trinajstić information content (AvgIpc) is 3.60. The molecular weight excluding hydrogens is 524 g/mol. The molecule has 9 rings (SSSR count). The second-order valence-electron chi connectivity index (χ2n) is 11.0. The fourth-order valence-corrected chi connectivity index (χ4v) is 6.64. The quantitative estimate of drug-likeness (QED) is 0.217. The summed E-state index contributed by atoms with van der Waals surface area (Å²) in [5.74, 6) is 0. The number of nitrogens with zero attached hydrogens (tertiary/aromatic N) is 2. The van der Waals surface area contributed by atoms with Crippen LogP contribution in [0.25, 0.3) is 60.2 Å². The molecule has 0 radical (unpaired) electrons. The van der Waals surface area contributed by atoms with Crippen molar-refractivity contribution in [3.8, 4) is 5.69 Å². The molecular formula is C40H26N2O. The first kappa shape index (κ1) is 23.9. The molecule has 0 aliphatic carbocycles. The van der Waals surface area contributed by atoms with Gasteiger partial charge in [-0.05, 0) is 66.0 Å². The van der Waals surface area contributed by atoms with Crippen molar-refractivity contribution in [2.75, 3.05) is 4.90 Å². The minimum absolute atomic E-state index is 0.901. The molecule has 0 unspecified atom stereocenters. The predicted molar refractivity (Wildman–Crippen MR) is 180 cm³/mol. The van der Waals surface area contributed by atoms with Crippen molar-refractivity contribution in [1.29, 1.82) is 0 Å². The number of benzene rings is 7. The van der Waals surface area contributed by atoms with E-state index in [0.717, 1.165) is 50.2 Å². The van der Waals surface area contributed by atoms with E-state index in [1.807, 2.05) is 12.1 Å². The van der Waals surface area contributed by atoms with Gasteiger partial charge in [0.1, 0.15) is 11.2 Å². The van der Waals surface area contributed by atoms with Gasteiger partial charge in [0.2, 0.25) is 0 Å². The van der Waals surface area contributed by atoms with E-state index in [1.54, 1.807) is 0 Å². The van der Waals surface area contributed by atoms with Gasteiger partial charge in [-0.1, -0.05) is 97.1 Å². The van der Waals surface area contributed by atoms with Crippen molar-refractivity contribution in [1.82, 2.24) is 4.57 Å². The monoisotopic (exact) mass is 550 g/mol. The number of furan rings is 1. The van der Waals surface area contributed by atoms with E-state index in [2.05, 4.69) is 155 Å². The summed E-state index contributed by atoms with van der Waals surface area (Å²) in [4.78, 5) is 2.37. The van der Waals surface area contributed by atoms with Gasteiger partial charge in [0.05, 0.1) is 16.7 Å². The van der Waals surface area contributed by atoms with Crippen molar-refractivity contribution in [2.45, 2.75) is 0 Å². The molecule has 0 spiro atoms. The van der Waals surface area contributed by atoms with Gasteiger partial charge in [0.25, 0.3) is 0 Å². The van der Waals surface area contributed by atoms with Gasteiger partial charge < -0.3 is 13.9 Å². The number of aromatic nitrogens is 1. The lowest BCUT2D eigenvalue weighted by molar-refractivity contribution is 0.669. The number of anilines is 3. The summed E-state index contributed by atoms with van der Waals surface area (Å²) in [6.07, 6.45) is 0. The van der Waals surface area contributed by atoms with Gasteiger partial charge in [-0.25, -0.2) is 0 Å². The highest BCUT2D eigenvalue weighted by Gasteiger charge is 2.19. The van der Waals surface area contributed by atoms with Crippen molar-refractivity contribution in [3.63, 3.8) is 0 Å². The first-order valence-corrected chi connectivity index (χ1v) is 14.6. The van der Waals surface area contributed by atoms with E-state index in [1.165, 1.54) is 27.1 Å². The third-order valence-corrected chi connectivity index (χ3v) is 8.56. The van der Waals surface area contributed by atoms with E-state index in [9.17, 15) is 0 Å². The Morgan fingerprint density at radius 2 is 1.12 bits per heavy atom. The molecule has 0 N–H and O–H groups in total.